The van der Waals surface area contributed by atoms with Crippen molar-refractivity contribution in [3.63, 3.8) is 0 Å². The molecule has 0 aromatic carbocycles. The molecule has 0 aliphatic carbocycles. The number of amides is 1. The highest BCUT2D eigenvalue weighted by atomic mass is 32.2. The van der Waals surface area contributed by atoms with Gasteiger partial charge in [0, 0.05) is 26.1 Å². The average molecular weight is 193 g/mol. The van der Waals surface area contributed by atoms with E-state index < -0.39 is 16.1 Å². The van der Waals surface area contributed by atoms with Crippen molar-refractivity contribution < 1.29 is 13.2 Å². The first-order valence-electron chi connectivity index (χ1n) is 3.55. The van der Waals surface area contributed by atoms with Crippen LogP contribution in [0.3, 0.4) is 0 Å². The molecule has 0 aromatic rings. The number of nitrogens with one attached hydrogen (secondary N) is 1. The van der Waals surface area contributed by atoms with Crippen molar-refractivity contribution in [1.29, 1.82) is 0 Å². The molecule has 1 saturated heterocycles. The first kappa shape index (κ1) is 9.43. The Labute approximate surface area is 70.9 Å². The number of nitrogens with two attached hydrogens (primary N) is 1. The quantitative estimate of drug-likeness (QED) is 0.543. The lowest BCUT2D eigenvalue weighted by atomic mass is 10.4. The van der Waals surface area contributed by atoms with Crippen molar-refractivity contribution in [1.82, 2.24) is 9.03 Å². The van der Waals surface area contributed by atoms with E-state index in [4.69, 9.17) is 5.73 Å². The first-order chi connectivity index (χ1) is 5.52. The van der Waals surface area contributed by atoms with Crippen LogP contribution in [-0.4, -0.2) is 38.3 Å². The molecule has 0 saturated carbocycles. The third kappa shape index (κ3) is 2.16. The van der Waals surface area contributed by atoms with Crippen molar-refractivity contribution in [3.8, 4) is 0 Å². The maximum Gasteiger partial charge on any atom is 0.279 e. The standard InChI is InChI=1S/C5H11N3O3S/c6-5(9)1-3-8-4-2-7-12(8,10)11/h7H,1-4H2,(H2,6,9). The normalized spacial score (nSPS) is 22.7. The largest absolute Gasteiger partial charge is 0.370 e. The Kier molecular flexibility index (Phi) is 2.65. The Morgan fingerprint density at radius 2 is 2.25 bits per heavy atom. The second-order valence-electron chi connectivity index (χ2n) is 2.51. The fraction of sp³-hybridized carbons (Fsp3) is 0.800. The maximum absolute atomic E-state index is 11.0. The number of hydrogen-bond acceptors (Lipinski definition) is 3. The highest BCUT2D eigenvalue weighted by Gasteiger charge is 2.27. The summed E-state index contributed by atoms with van der Waals surface area (Å²) < 4.78 is 25.6. The zero-order valence-electron chi connectivity index (χ0n) is 6.49. The monoisotopic (exact) mass is 193 g/mol. The molecular weight excluding hydrogens is 182 g/mol. The van der Waals surface area contributed by atoms with Gasteiger partial charge >= 0.3 is 0 Å². The number of carbonyl (C=O) groups excluding carboxylic acids is 1. The second kappa shape index (κ2) is 3.38. The highest BCUT2D eigenvalue weighted by molar-refractivity contribution is 7.87. The predicted molar refractivity (Wildman–Crippen MR) is 42.3 cm³/mol. The minimum absolute atomic E-state index is 0.0703. The van der Waals surface area contributed by atoms with Gasteiger partial charge in [0.15, 0.2) is 0 Å². The minimum atomic E-state index is -3.31. The van der Waals surface area contributed by atoms with Crippen LogP contribution in [0.4, 0.5) is 0 Å². The second-order valence-corrected chi connectivity index (χ2v) is 4.27. The minimum Gasteiger partial charge on any atom is -0.370 e. The van der Waals surface area contributed by atoms with Gasteiger partial charge in [0.1, 0.15) is 0 Å². The zero-order chi connectivity index (χ0) is 9.19. The van der Waals surface area contributed by atoms with Gasteiger partial charge in [-0.3, -0.25) is 4.79 Å². The molecule has 12 heavy (non-hydrogen) atoms. The summed E-state index contributed by atoms with van der Waals surface area (Å²) in [7, 11) is -3.31. The summed E-state index contributed by atoms with van der Waals surface area (Å²) >= 11 is 0. The van der Waals surface area contributed by atoms with Gasteiger partial charge in [0.2, 0.25) is 5.91 Å². The molecule has 0 unspecified atom stereocenters. The molecule has 1 fully saturated rings. The lowest BCUT2D eigenvalue weighted by Crippen LogP contribution is -2.32. The maximum atomic E-state index is 11.0. The van der Waals surface area contributed by atoms with Crippen LogP contribution in [0, 0.1) is 0 Å². The van der Waals surface area contributed by atoms with Gasteiger partial charge in [0.25, 0.3) is 10.2 Å². The van der Waals surface area contributed by atoms with Gasteiger partial charge in [-0.1, -0.05) is 0 Å². The SMILES string of the molecule is NC(=O)CCN1CCNS1(=O)=O. The van der Waals surface area contributed by atoms with E-state index in [-0.39, 0.29) is 13.0 Å². The number of nitrogens with zero attached hydrogens (tertiary/aromatic N) is 1. The van der Waals surface area contributed by atoms with Crippen LogP contribution in [0.1, 0.15) is 6.42 Å². The summed E-state index contributed by atoms with van der Waals surface area (Å²) in [5, 5.41) is 0. The molecule has 1 heterocycles. The van der Waals surface area contributed by atoms with E-state index in [1.54, 1.807) is 0 Å². The summed E-state index contributed by atoms with van der Waals surface area (Å²) in [6.45, 7) is 0.987. The van der Waals surface area contributed by atoms with E-state index >= 15 is 0 Å². The Hall–Kier alpha value is -0.660. The van der Waals surface area contributed by atoms with E-state index in [0.717, 1.165) is 0 Å². The Bertz CT molecular complexity index is 274. The number of hydrogen-bond donors (Lipinski definition) is 2. The summed E-state index contributed by atoms with van der Waals surface area (Å²) in [5.74, 6) is -0.489. The highest BCUT2D eigenvalue weighted by Crippen LogP contribution is 2.04. The Morgan fingerprint density at radius 1 is 1.58 bits per heavy atom. The summed E-state index contributed by atoms with van der Waals surface area (Å²) in [4.78, 5) is 10.3. The van der Waals surface area contributed by atoms with Crippen LogP contribution >= 0.6 is 0 Å². The van der Waals surface area contributed by atoms with Crippen LogP contribution in [-0.2, 0) is 15.0 Å². The van der Waals surface area contributed by atoms with Gasteiger partial charge in [-0.05, 0) is 0 Å². The molecule has 7 heteroatoms. The Balaban J connectivity index is 2.48. The number of primary amides is 1. The van der Waals surface area contributed by atoms with Gasteiger partial charge in [-0.15, -0.1) is 0 Å². The van der Waals surface area contributed by atoms with Crippen LogP contribution in [0.2, 0.25) is 0 Å². The molecule has 1 aliphatic heterocycles. The fourth-order valence-corrected chi connectivity index (χ4v) is 2.17. The third-order valence-electron chi connectivity index (χ3n) is 1.59. The molecule has 0 aromatic heterocycles. The van der Waals surface area contributed by atoms with Crippen molar-refractivity contribution in [2.45, 2.75) is 6.42 Å². The van der Waals surface area contributed by atoms with E-state index in [0.29, 0.717) is 13.1 Å². The average Bonchev–Trinajstić information content (AvgIpc) is 2.25. The van der Waals surface area contributed by atoms with Gasteiger partial charge in [-0.2, -0.15) is 12.7 Å². The molecule has 0 atom stereocenters. The molecule has 70 valence electrons. The molecule has 1 rings (SSSR count). The number of rotatable bonds is 3. The molecule has 0 spiro atoms. The smallest absolute Gasteiger partial charge is 0.279 e. The van der Waals surface area contributed by atoms with E-state index in [2.05, 4.69) is 4.72 Å². The van der Waals surface area contributed by atoms with Crippen LogP contribution < -0.4 is 10.5 Å². The summed E-state index contributed by atoms with van der Waals surface area (Å²) in [5.41, 5.74) is 4.88. The topological polar surface area (TPSA) is 92.5 Å². The van der Waals surface area contributed by atoms with Gasteiger partial charge in [0.05, 0.1) is 0 Å². The van der Waals surface area contributed by atoms with Crippen LogP contribution in [0.15, 0.2) is 0 Å². The van der Waals surface area contributed by atoms with Crippen molar-refractivity contribution >= 4 is 16.1 Å². The fourth-order valence-electron chi connectivity index (χ4n) is 0.978. The van der Waals surface area contributed by atoms with Crippen molar-refractivity contribution in [2.75, 3.05) is 19.6 Å². The Morgan fingerprint density at radius 3 is 2.67 bits per heavy atom. The molecule has 1 aliphatic rings. The molecular formula is C5H11N3O3S. The molecule has 0 radical (unpaired) electrons. The molecule has 3 N–H and O–H groups in total. The summed E-state index contributed by atoms with van der Waals surface area (Å²) in [6, 6.07) is 0. The number of carbonyl (C=O) groups is 1. The molecule has 0 bridgehead atoms. The van der Waals surface area contributed by atoms with Crippen LogP contribution in [0.5, 0.6) is 0 Å². The van der Waals surface area contributed by atoms with Crippen molar-refractivity contribution in [3.05, 3.63) is 0 Å². The van der Waals surface area contributed by atoms with E-state index in [1.807, 2.05) is 0 Å². The summed E-state index contributed by atoms with van der Waals surface area (Å²) in [6.07, 6.45) is 0.0703. The van der Waals surface area contributed by atoms with Crippen molar-refractivity contribution in [2.24, 2.45) is 5.73 Å². The first-order valence-corrected chi connectivity index (χ1v) is 4.99. The molecule has 6 nitrogen and oxygen atoms in total. The zero-order valence-corrected chi connectivity index (χ0v) is 7.30. The van der Waals surface area contributed by atoms with Gasteiger partial charge in [-0.25, -0.2) is 4.72 Å². The predicted octanol–water partition coefficient (Wildman–Crippen LogP) is -1.99. The van der Waals surface area contributed by atoms with E-state index in [1.165, 1.54) is 4.31 Å². The lowest BCUT2D eigenvalue weighted by Gasteiger charge is -2.10. The van der Waals surface area contributed by atoms with E-state index in [9.17, 15) is 13.2 Å². The van der Waals surface area contributed by atoms with Gasteiger partial charge < -0.3 is 5.73 Å². The van der Waals surface area contributed by atoms with Crippen LogP contribution in [0.25, 0.3) is 0 Å². The lowest BCUT2D eigenvalue weighted by molar-refractivity contribution is -0.118. The molecule has 1 amide bonds. The third-order valence-corrected chi connectivity index (χ3v) is 3.21.